The maximum Gasteiger partial charge on any atom is 0.242 e. The summed E-state index contributed by atoms with van der Waals surface area (Å²) in [6, 6.07) is 9.68. The molecule has 2 fully saturated rings. The predicted molar refractivity (Wildman–Crippen MR) is 96.2 cm³/mol. The number of anilines is 1. The summed E-state index contributed by atoms with van der Waals surface area (Å²) in [4.78, 5) is 30.4. The van der Waals surface area contributed by atoms with Gasteiger partial charge in [-0.15, -0.1) is 0 Å². The van der Waals surface area contributed by atoms with E-state index >= 15 is 0 Å². The second-order valence-electron chi connectivity index (χ2n) is 7.05. The molecule has 2 amide bonds. The number of carbonyl (C=O) groups is 2. The van der Waals surface area contributed by atoms with Crippen molar-refractivity contribution in [2.75, 3.05) is 44.2 Å². The van der Waals surface area contributed by atoms with Gasteiger partial charge < -0.3 is 19.8 Å². The van der Waals surface area contributed by atoms with Gasteiger partial charge in [0.2, 0.25) is 11.8 Å². The number of amides is 2. The highest BCUT2D eigenvalue weighted by Crippen LogP contribution is 2.31. The van der Waals surface area contributed by atoms with Crippen LogP contribution in [0.4, 0.5) is 5.69 Å². The van der Waals surface area contributed by atoms with Gasteiger partial charge in [-0.3, -0.25) is 9.59 Å². The standard InChI is InChI=1S/C19H27N3O3/c1-15(23)13-22(17-5-3-2-4-6-17)14-18(24)20-9-11-21(12-10-20)19(25)16-7-8-16/h2-6,15-16,23H,7-14H2,1H3/t15-/m0/s1. The molecule has 1 aromatic carbocycles. The van der Waals surface area contributed by atoms with E-state index in [0.29, 0.717) is 32.7 Å². The molecule has 3 rings (SSSR count). The molecule has 1 saturated carbocycles. The van der Waals surface area contributed by atoms with Crippen molar-refractivity contribution in [3.05, 3.63) is 30.3 Å². The third kappa shape index (κ3) is 4.72. The molecule has 136 valence electrons. The Morgan fingerprint density at radius 1 is 1.12 bits per heavy atom. The summed E-state index contributed by atoms with van der Waals surface area (Å²) in [5.41, 5.74) is 0.930. The number of hydrogen-bond donors (Lipinski definition) is 1. The van der Waals surface area contributed by atoms with Crippen LogP contribution in [0.25, 0.3) is 0 Å². The number of carbonyl (C=O) groups excluding carboxylic acids is 2. The molecule has 25 heavy (non-hydrogen) atoms. The van der Waals surface area contributed by atoms with E-state index in [1.807, 2.05) is 45.0 Å². The minimum atomic E-state index is -0.513. The molecular formula is C19H27N3O3. The zero-order valence-corrected chi connectivity index (χ0v) is 14.8. The lowest BCUT2D eigenvalue weighted by Crippen LogP contribution is -2.53. The average molecular weight is 345 g/mol. The lowest BCUT2D eigenvalue weighted by atomic mass is 10.2. The second-order valence-corrected chi connectivity index (χ2v) is 7.05. The minimum Gasteiger partial charge on any atom is -0.392 e. The fraction of sp³-hybridized carbons (Fsp3) is 0.579. The summed E-state index contributed by atoms with van der Waals surface area (Å²) in [7, 11) is 0. The third-order valence-electron chi connectivity index (χ3n) is 4.80. The highest BCUT2D eigenvalue weighted by molar-refractivity contribution is 5.83. The van der Waals surface area contributed by atoms with Gasteiger partial charge >= 0.3 is 0 Å². The quantitative estimate of drug-likeness (QED) is 0.834. The van der Waals surface area contributed by atoms with E-state index in [1.54, 1.807) is 6.92 Å². The number of benzene rings is 1. The van der Waals surface area contributed by atoms with E-state index in [-0.39, 0.29) is 24.3 Å². The second kappa shape index (κ2) is 7.87. The highest BCUT2D eigenvalue weighted by atomic mass is 16.3. The first-order valence-corrected chi connectivity index (χ1v) is 9.09. The maximum absolute atomic E-state index is 12.7. The molecule has 0 spiro atoms. The lowest BCUT2D eigenvalue weighted by molar-refractivity contribution is -0.139. The molecule has 0 aromatic heterocycles. The van der Waals surface area contributed by atoms with Gasteiger partial charge in [0.25, 0.3) is 0 Å². The third-order valence-corrected chi connectivity index (χ3v) is 4.80. The fourth-order valence-corrected chi connectivity index (χ4v) is 3.25. The maximum atomic E-state index is 12.7. The molecule has 6 heteroatoms. The molecule has 1 aliphatic carbocycles. The van der Waals surface area contributed by atoms with E-state index in [2.05, 4.69) is 0 Å². The smallest absolute Gasteiger partial charge is 0.242 e. The van der Waals surface area contributed by atoms with Crippen molar-refractivity contribution in [1.29, 1.82) is 0 Å². The van der Waals surface area contributed by atoms with E-state index in [0.717, 1.165) is 18.5 Å². The summed E-state index contributed by atoms with van der Waals surface area (Å²) in [6.45, 7) is 4.82. The van der Waals surface area contributed by atoms with Crippen LogP contribution in [-0.2, 0) is 9.59 Å². The summed E-state index contributed by atoms with van der Waals surface area (Å²) < 4.78 is 0. The summed E-state index contributed by atoms with van der Waals surface area (Å²) in [5.74, 6) is 0.539. The molecule has 1 N–H and O–H groups in total. The Balaban J connectivity index is 1.55. The molecule has 0 unspecified atom stereocenters. The number of para-hydroxylation sites is 1. The van der Waals surface area contributed by atoms with Crippen LogP contribution < -0.4 is 4.90 Å². The minimum absolute atomic E-state index is 0.0445. The van der Waals surface area contributed by atoms with E-state index < -0.39 is 6.10 Å². The number of piperazine rings is 1. The number of aliphatic hydroxyl groups is 1. The summed E-state index contributed by atoms with van der Waals surface area (Å²) >= 11 is 0. The van der Waals surface area contributed by atoms with Crippen molar-refractivity contribution >= 4 is 17.5 Å². The van der Waals surface area contributed by atoms with Gasteiger partial charge in [0.1, 0.15) is 0 Å². The van der Waals surface area contributed by atoms with Crippen molar-refractivity contribution in [2.45, 2.75) is 25.9 Å². The first-order valence-electron chi connectivity index (χ1n) is 9.09. The van der Waals surface area contributed by atoms with E-state index in [1.165, 1.54) is 0 Å². The Kier molecular flexibility index (Phi) is 5.58. The summed E-state index contributed by atoms with van der Waals surface area (Å²) in [6.07, 6.45) is 1.52. The molecule has 0 radical (unpaired) electrons. The van der Waals surface area contributed by atoms with Gasteiger partial charge in [-0.1, -0.05) is 18.2 Å². The van der Waals surface area contributed by atoms with Gasteiger partial charge in [-0.2, -0.15) is 0 Å². The molecule has 6 nitrogen and oxygen atoms in total. The zero-order valence-electron chi connectivity index (χ0n) is 14.8. The van der Waals surface area contributed by atoms with Gasteiger partial charge in [0.05, 0.1) is 12.6 Å². The Hall–Kier alpha value is -2.08. The molecule has 1 heterocycles. The molecular weight excluding hydrogens is 318 g/mol. The van der Waals surface area contributed by atoms with Gasteiger partial charge in [-0.05, 0) is 31.9 Å². The largest absolute Gasteiger partial charge is 0.392 e. The number of nitrogens with zero attached hydrogens (tertiary/aromatic N) is 3. The number of aliphatic hydroxyl groups excluding tert-OH is 1. The Bertz CT molecular complexity index is 593. The molecule has 1 saturated heterocycles. The molecule has 1 atom stereocenters. The average Bonchev–Trinajstić information content (AvgIpc) is 3.46. The van der Waals surface area contributed by atoms with Gasteiger partial charge in [0.15, 0.2) is 0 Å². The molecule has 1 aliphatic heterocycles. The first kappa shape index (κ1) is 17.7. The Morgan fingerprint density at radius 3 is 2.28 bits per heavy atom. The van der Waals surface area contributed by atoms with Crippen LogP contribution in [0, 0.1) is 5.92 Å². The normalized spacial score (nSPS) is 18.8. The Morgan fingerprint density at radius 2 is 1.72 bits per heavy atom. The van der Waals surface area contributed by atoms with Crippen molar-refractivity contribution in [2.24, 2.45) is 5.92 Å². The number of hydrogen-bond acceptors (Lipinski definition) is 4. The first-order chi connectivity index (χ1) is 12.0. The molecule has 1 aromatic rings. The topological polar surface area (TPSA) is 64.1 Å². The van der Waals surface area contributed by atoms with E-state index in [4.69, 9.17) is 0 Å². The fourth-order valence-electron chi connectivity index (χ4n) is 3.25. The SMILES string of the molecule is C[C@H](O)CN(CC(=O)N1CCN(C(=O)C2CC2)CC1)c1ccccc1. The lowest BCUT2D eigenvalue weighted by Gasteiger charge is -2.36. The van der Waals surface area contributed by atoms with Crippen molar-refractivity contribution < 1.29 is 14.7 Å². The molecule has 2 aliphatic rings. The summed E-state index contributed by atoms with van der Waals surface area (Å²) in [5, 5.41) is 9.75. The van der Waals surface area contributed by atoms with Gasteiger partial charge in [-0.25, -0.2) is 0 Å². The van der Waals surface area contributed by atoms with Crippen molar-refractivity contribution in [1.82, 2.24) is 9.80 Å². The van der Waals surface area contributed by atoms with Crippen molar-refractivity contribution in [3.63, 3.8) is 0 Å². The predicted octanol–water partition coefficient (Wildman–Crippen LogP) is 0.955. The van der Waals surface area contributed by atoms with Crippen LogP contribution in [0.15, 0.2) is 30.3 Å². The van der Waals surface area contributed by atoms with Crippen LogP contribution in [0.5, 0.6) is 0 Å². The zero-order chi connectivity index (χ0) is 17.8. The monoisotopic (exact) mass is 345 g/mol. The van der Waals surface area contributed by atoms with Crippen LogP contribution in [0.2, 0.25) is 0 Å². The highest BCUT2D eigenvalue weighted by Gasteiger charge is 2.35. The molecule has 0 bridgehead atoms. The van der Waals surface area contributed by atoms with Gasteiger partial charge in [0, 0.05) is 44.3 Å². The Labute approximate surface area is 149 Å². The van der Waals surface area contributed by atoms with Crippen LogP contribution in [0.3, 0.4) is 0 Å². The van der Waals surface area contributed by atoms with Crippen LogP contribution in [-0.4, -0.2) is 72.1 Å². The number of rotatable bonds is 6. The van der Waals surface area contributed by atoms with E-state index in [9.17, 15) is 14.7 Å². The van der Waals surface area contributed by atoms with Crippen LogP contribution in [0.1, 0.15) is 19.8 Å². The van der Waals surface area contributed by atoms with Crippen LogP contribution >= 0.6 is 0 Å². The van der Waals surface area contributed by atoms with Crippen molar-refractivity contribution in [3.8, 4) is 0 Å².